The van der Waals surface area contributed by atoms with Crippen LogP contribution in [-0.2, 0) is 0 Å². The molecule has 110 valence electrons. The summed E-state index contributed by atoms with van der Waals surface area (Å²) in [5.74, 6) is 1.06. The Bertz CT molecular complexity index is 501. The second kappa shape index (κ2) is 7.10. The quantitative estimate of drug-likeness (QED) is 0.453. The highest BCUT2D eigenvalue weighted by Gasteiger charge is 2.05. The summed E-state index contributed by atoms with van der Waals surface area (Å²) >= 11 is 0. The van der Waals surface area contributed by atoms with E-state index >= 15 is 0 Å². The van der Waals surface area contributed by atoms with E-state index in [-0.39, 0.29) is 7.69 Å². The molecule has 0 atom stereocenters. The lowest BCUT2D eigenvalue weighted by Crippen LogP contribution is -2.11. The molecule has 4 N–H and O–H groups in total. The smallest absolute Gasteiger partial charge is 0.529 e. The van der Waals surface area contributed by atoms with Crippen molar-refractivity contribution >= 4 is 7.69 Å². The zero-order chi connectivity index (χ0) is 15.2. The van der Waals surface area contributed by atoms with E-state index in [2.05, 4.69) is 0 Å². The summed E-state index contributed by atoms with van der Waals surface area (Å²) in [4.78, 5) is 0. The SMILES string of the molecule is OC(O)c1ccc(OBOc2ccc(C(O)O)cc2)cc1. The van der Waals surface area contributed by atoms with Gasteiger partial charge >= 0.3 is 7.69 Å². The van der Waals surface area contributed by atoms with Gasteiger partial charge in [0.1, 0.15) is 11.5 Å². The maximum Gasteiger partial charge on any atom is 0.576 e. The summed E-state index contributed by atoms with van der Waals surface area (Å²) in [5.41, 5.74) is 0.753. The molecule has 0 bridgehead atoms. The van der Waals surface area contributed by atoms with Crippen molar-refractivity contribution in [3.05, 3.63) is 59.7 Å². The molecule has 0 unspecified atom stereocenters. The minimum atomic E-state index is -1.50. The van der Waals surface area contributed by atoms with Crippen molar-refractivity contribution in [2.45, 2.75) is 12.6 Å². The highest BCUT2D eigenvalue weighted by Crippen LogP contribution is 2.18. The van der Waals surface area contributed by atoms with Crippen LogP contribution in [0.4, 0.5) is 0 Å². The highest BCUT2D eigenvalue weighted by atomic mass is 16.6. The van der Waals surface area contributed by atoms with E-state index in [0.717, 1.165) is 0 Å². The van der Waals surface area contributed by atoms with Crippen LogP contribution in [0.25, 0.3) is 0 Å². The molecule has 21 heavy (non-hydrogen) atoms. The van der Waals surface area contributed by atoms with Crippen LogP contribution in [0.15, 0.2) is 48.5 Å². The van der Waals surface area contributed by atoms with Crippen LogP contribution in [-0.4, -0.2) is 28.1 Å². The molecule has 0 fully saturated rings. The third-order valence-corrected chi connectivity index (χ3v) is 2.81. The number of rotatable bonds is 6. The first kappa shape index (κ1) is 15.3. The minimum absolute atomic E-state index is 0.0257. The number of benzene rings is 2. The van der Waals surface area contributed by atoms with Crippen molar-refractivity contribution in [3.8, 4) is 11.5 Å². The Labute approximate surface area is 122 Å². The normalized spacial score (nSPS) is 10.8. The summed E-state index contributed by atoms with van der Waals surface area (Å²) in [6.07, 6.45) is -3.01. The van der Waals surface area contributed by atoms with Crippen LogP contribution < -0.4 is 9.31 Å². The molecule has 0 aliphatic rings. The van der Waals surface area contributed by atoms with Crippen molar-refractivity contribution in [2.24, 2.45) is 0 Å². The van der Waals surface area contributed by atoms with Crippen LogP contribution in [0.1, 0.15) is 23.7 Å². The fourth-order valence-corrected chi connectivity index (χ4v) is 1.64. The van der Waals surface area contributed by atoms with Gasteiger partial charge in [0, 0.05) is 11.1 Å². The Morgan fingerprint density at radius 2 is 0.952 bits per heavy atom. The van der Waals surface area contributed by atoms with E-state index in [1.54, 1.807) is 24.3 Å². The molecule has 0 amide bonds. The fourth-order valence-electron chi connectivity index (χ4n) is 1.64. The Morgan fingerprint density at radius 3 is 1.24 bits per heavy atom. The summed E-state index contributed by atoms with van der Waals surface area (Å²) in [7, 11) is -0.0257. The van der Waals surface area contributed by atoms with Gasteiger partial charge in [0.2, 0.25) is 0 Å². The minimum Gasteiger partial charge on any atom is -0.529 e. The molecular formula is C14H15BO6. The van der Waals surface area contributed by atoms with Gasteiger partial charge in [-0.3, -0.25) is 0 Å². The van der Waals surface area contributed by atoms with Crippen molar-refractivity contribution in [3.63, 3.8) is 0 Å². The molecule has 0 heterocycles. The second-order valence-electron chi connectivity index (χ2n) is 4.29. The zero-order valence-corrected chi connectivity index (χ0v) is 11.1. The Kier molecular flexibility index (Phi) is 5.18. The molecule has 2 aromatic carbocycles. The molecule has 0 radical (unpaired) electrons. The van der Waals surface area contributed by atoms with Crippen LogP contribution in [0.2, 0.25) is 0 Å². The lowest BCUT2D eigenvalue weighted by Gasteiger charge is -2.09. The van der Waals surface area contributed by atoms with Crippen molar-refractivity contribution in [1.29, 1.82) is 0 Å². The molecule has 2 rings (SSSR count). The monoisotopic (exact) mass is 290 g/mol. The van der Waals surface area contributed by atoms with E-state index in [1.807, 2.05) is 0 Å². The van der Waals surface area contributed by atoms with E-state index in [4.69, 9.17) is 29.7 Å². The first-order valence-electron chi connectivity index (χ1n) is 6.24. The van der Waals surface area contributed by atoms with Crippen molar-refractivity contribution in [2.75, 3.05) is 0 Å². The van der Waals surface area contributed by atoms with Gasteiger partial charge in [-0.2, -0.15) is 0 Å². The topological polar surface area (TPSA) is 99.4 Å². The first-order chi connectivity index (χ1) is 10.1. The first-order valence-corrected chi connectivity index (χ1v) is 6.24. The summed E-state index contributed by atoms with van der Waals surface area (Å²) in [6, 6.07) is 12.6. The van der Waals surface area contributed by atoms with Gasteiger partial charge in [-0.25, -0.2) is 0 Å². The number of aliphatic hydroxyl groups is 4. The van der Waals surface area contributed by atoms with E-state index in [1.165, 1.54) is 24.3 Å². The van der Waals surface area contributed by atoms with Crippen molar-refractivity contribution in [1.82, 2.24) is 0 Å². The molecule has 0 aliphatic heterocycles. The number of hydrogen-bond acceptors (Lipinski definition) is 6. The predicted molar refractivity (Wildman–Crippen MR) is 75.6 cm³/mol. The molecule has 0 saturated carbocycles. The van der Waals surface area contributed by atoms with E-state index in [9.17, 15) is 0 Å². The van der Waals surface area contributed by atoms with Gasteiger partial charge in [-0.1, -0.05) is 24.3 Å². The van der Waals surface area contributed by atoms with Crippen molar-refractivity contribution < 1.29 is 29.7 Å². The average molecular weight is 290 g/mol. The van der Waals surface area contributed by atoms with E-state index in [0.29, 0.717) is 22.6 Å². The lowest BCUT2D eigenvalue weighted by molar-refractivity contribution is -0.0430. The summed E-state index contributed by atoms with van der Waals surface area (Å²) in [6.45, 7) is 0. The molecule has 0 aliphatic carbocycles. The maximum atomic E-state index is 8.96. The molecule has 0 saturated heterocycles. The van der Waals surface area contributed by atoms with Crippen LogP contribution in [0, 0.1) is 0 Å². The zero-order valence-electron chi connectivity index (χ0n) is 11.1. The summed E-state index contributed by atoms with van der Waals surface area (Å²) < 4.78 is 10.7. The fraction of sp³-hybridized carbons (Fsp3) is 0.143. The van der Waals surface area contributed by atoms with Gasteiger partial charge in [0.05, 0.1) is 0 Å². The summed E-state index contributed by atoms with van der Waals surface area (Å²) in [5, 5.41) is 35.8. The van der Waals surface area contributed by atoms with Gasteiger partial charge in [-0.15, -0.1) is 0 Å². The van der Waals surface area contributed by atoms with Gasteiger partial charge in [0.25, 0.3) is 0 Å². The predicted octanol–water partition coefficient (Wildman–Crippen LogP) is 0.377. The maximum absolute atomic E-state index is 8.96. The molecule has 0 aromatic heterocycles. The van der Waals surface area contributed by atoms with Gasteiger partial charge in [0.15, 0.2) is 12.6 Å². The number of aliphatic hydroxyl groups excluding tert-OH is 2. The molecular weight excluding hydrogens is 275 g/mol. The van der Waals surface area contributed by atoms with E-state index < -0.39 is 12.6 Å². The molecule has 6 nitrogen and oxygen atoms in total. The van der Waals surface area contributed by atoms with Crippen LogP contribution in [0.5, 0.6) is 11.5 Å². The van der Waals surface area contributed by atoms with Crippen LogP contribution >= 0.6 is 0 Å². The Hall–Kier alpha value is -2.06. The van der Waals surface area contributed by atoms with Gasteiger partial charge in [-0.05, 0) is 24.3 Å². The molecule has 7 heteroatoms. The van der Waals surface area contributed by atoms with Gasteiger partial charge < -0.3 is 29.7 Å². The Morgan fingerprint density at radius 1 is 0.619 bits per heavy atom. The number of hydrogen-bond donors (Lipinski definition) is 4. The standard InChI is InChI=1S/C14H15BO6/c16-13(17)9-1-5-11(6-2-9)20-15-21-12-7-3-10(4-8-12)14(18)19/h1-8,13-19H. The largest absolute Gasteiger partial charge is 0.576 e. The highest BCUT2D eigenvalue weighted by molar-refractivity contribution is 6.20. The third-order valence-electron chi connectivity index (χ3n) is 2.81. The molecule has 2 aromatic rings. The second-order valence-corrected chi connectivity index (χ2v) is 4.29. The van der Waals surface area contributed by atoms with Crippen LogP contribution in [0.3, 0.4) is 0 Å². The Balaban J connectivity index is 1.83. The third kappa shape index (κ3) is 4.47. The lowest BCUT2D eigenvalue weighted by atomic mass is 10.2. The average Bonchev–Trinajstić information content (AvgIpc) is 2.48. The molecule has 0 spiro atoms.